The number of hydrogen-bond acceptors (Lipinski definition) is 7. The second-order valence-electron chi connectivity index (χ2n) is 6.30. The minimum absolute atomic E-state index is 0.143. The minimum atomic E-state index is -0.143. The number of methoxy groups -OCH3 is 2. The largest absolute Gasteiger partial charge is 0.497 e. The lowest BCUT2D eigenvalue weighted by Crippen LogP contribution is -2.15. The Morgan fingerprint density at radius 3 is 2.52 bits per heavy atom. The first-order valence-corrected chi connectivity index (χ1v) is 10.5. The number of hydrogen-bond donors (Lipinski definition) is 1. The molecule has 31 heavy (non-hydrogen) atoms. The van der Waals surface area contributed by atoms with E-state index >= 15 is 0 Å². The van der Waals surface area contributed by atoms with Crippen molar-refractivity contribution in [2.75, 3.05) is 25.3 Å². The molecule has 0 aliphatic carbocycles. The summed E-state index contributed by atoms with van der Waals surface area (Å²) in [6.07, 6.45) is 1.75. The van der Waals surface area contributed by atoms with E-state index in [1.165, 1.54) is 11.8 Å². The van der Waals surface area contributed by atoms with Crippen LogP contribution in [0.2, 0.25) is 0 Å². The molecule has 0 radical (unpaired) electrons. The summed E-state index contributed by atoms with van der Waals surface area (Å²) >= 11 is 1.30. The van der Waals surface area contributed by atoms with Crippen LogP contribution in [0.3, 0.4) is 0 Å². The molecule has 0 atom stereocenters. The van der Waals surface area contributed by atoms with Gasteiger partial charge < -0.3 is 19.5 Å². The highest BCUT2D eigenvalue weighted by Gasteiger charge is 2.15. The van der Waals surface area contributed by atoms with Crippen LogP contribution >= 0.6 is 11.8 Å². The molecule has 0 aliphatic heterocycles. The van der Waals surface area contributed by atoms with Crippen LogP contribution in [0.1, 0.15) is 5.82 Å². The number of nitrogens with zero attached hydrogens (tertiary/aromatic N) is 3. The Labute approximate surface area is 185 Å². The number of carbonyl (C=O) groups is 1. The van der Waals surface area contributed by atoms with E-state index in [-0.39, 0.29) is 18.3 Å². The lowest BCUT2D eigenvalue weighted by atomic mass is 10.3. The molecule has 0 aliphatic rings. The maximum atomic E-state index is 12.3. The van der Waals surface area contributed by atoms with Crippen LogP contribution in [0.5, 0.6) is 17.2 Å². The zero-order chi connectivity index (χ0) is 22.1. The van der Waals surface area contributed by atoms with Crippen molar-refractivity contribution in [2.24, 2.45) is 0 Å². The van der Waals surface area contributed by atoms with Gasteiger partial charge in [-0.25, -0.2) is 0 Å². The Hall–Kier alpha value is -3.46. The summed E-state index contributed by atoms with van der Waals surface area (Å²) in [5, 5.41) is 11.9. The number of rotatable bonds is 11. The van der Waals surface area contributed by atoms with Gasteiger partial charge in [0.25, 0.3) is 0 Å². The molecular weight excluding hydrogens is 416 g/mol. The van der Waals surface area contributed by atoms with Crippen LogP contribution in [0.25, 0.3) is 0 Å². The second kappa shape index (κ2) is 11.1. The van der Waals surface area contributed by atoms with Crippen LogP contribution in [-0.4, -0.2) is 40.6 Å². The highest BCUT2D eigenvalue weighted by Crippen LogP contribution is 2.27. The van der Waals surface area contributed by atoms with E-state index in [1.54, 1.807) is 44.6 Å². The zero-order valence-electron chi connectivity index (χ0n) is 17.4. The summed E-state index contributed by atoms with van der Waals surface area (Å²) in [5.41, 5.74) is 0.699. The molecule has 0 saturated heterocycles. The van der Waals surface area contributed by atoms with Crippen molar-refractivity contribution in [1.29, 1.82) is 0 Å². The van der Waals surface area contributed by atoms with Gasteiger partial charge in [0.15, 0.2) is 22.5 Å². The molecule has 3 aromatic rings. The standard InChI is InChI=1S/C22H24N4O4S/c1-4-13-26-20(14-30-19-8-6-5-7-18(19)29-3)24-25-22(26)31-15-21(27)23-16-9-11-17(28-2)12-10-16/h4-12H,1,13-15H2,2-3H3,(H,23,27). The van der Waals surface area contributed by atoms with Gasteiger partial charge in [-0.2, -0.15) is 0 Å². The number of carbonyl (C=O) groups excluding carboxylic acids is 1. The van der Waals surface area contributed by atoms with Gasteiger partial charge in [-0.15, -0.1) is 16.8 Å². The number of anilines is 1. The number of aromatic nitrogens is 3. The summed E-state index contributed by atoms with van der Waals surface area (Å²) in [5.74, 6) is 2.66. The molecule has 162 valence electrons. The Balaban J connectivity index is 1.61. The molecule has 0 fully saturated rings. The fourth-order valence-corrected chi connectivity index (χ4v) is 3.49. The summed E-state index contributed by atoms with van der Waals surface area (Å²) in [6, 6.07) is 14.5. The monoisotopic (exact) mass is 440 g/mol. The normalized spacial score (nSPS) is 10.4. The molecule has 3 rings (SSSR count). The molecular formula is C22H24N4O4S. The van der Waals surface area contributed by atoms with Gasteiger partial charge in [0.05, 0.1) is 20.0 Å². The third-order valence-electron chi connectivity index (χ3n) is 4.24. The number of allylic oxidation sites excluding steroid dienone is 1. The third kappa shape index (κ3) is 6.02. The minimum Gasteiger partial charge on any atom is -0.497 e. The smallest absolute Gasteiger partial charge is 0.234 e. The maximum absolute atomic E-state index is 12.3. The van der Waals surface area contributed by atoms with E-state index < -0.39 is 0 Å². The van der Waals surface area contributed by atoms with Crippen molar-refractivity contribution in [2.45, 2.75) is 18.3 Å². The third-order valence-corrected chi connectivity index (χ3v) is 5.20. The lowest BCUT2D eigenvalue weighted by Gasteiger charge is -2.11. The molecule has 0 spiro atoms. The first-order valence-electron chi connectivity index (χ1n) is 9.50. The summed E-state index contributed by atoms with van der Waals surface area (Å²) in [6.45, 7) is 4.50. The van der Waals surface area contributed by atoms with E-state index in [9.17, 15) is 4.79 Å². The van der Waals surface area contributed by atoms with Gasteiger partial charge in [0.2, 0.25) is 5.91 Å². The van der Waals surface area contributed by atoms with Gasteiger partial charge in [0.1, 0.15) is 12.4 Å². The van der Waals surface area contributed by atoms with Crippen LogP contribution in [-0.2, 0) is 17.9 Å². The number of benzene rings is 2. The van der Waals surface area contributed by atoms with Crippen LogP contribution in [0, 0.1) is 0 Å². The predicted molar refractivity (Wildman–Crippen MR) is 120 cm³/mol. The van der Waals surface area contributed by atoms with Gasteiger partial charge in [0, 0.05) is 12.2 Å². The number of para-hydroxylation sites is 2. The summed E-state index contributed by atoms with van der Waals surface area (Å²) in [7, 11) is 3.19. The SMILES string of the molecule is C=CCn1c(COc2ccccc2OC)nnc1SCC(=O)Nc1ccc(OC)cc1. The zero-order valence-corrected chi connectivity index (χ0v) is 18.2. The van der Waals surface area contributed by atoms with Gasteiger partial charge in [-0.1, -0.05) is 30.0 Å². The van der Waals surface area contributed by atoms with Gasteiger partial charge >= 0.3 is 0 Å². The molecule has 8 nitrogen and oxygen atoms in total. The predicted octanol–water partition coefficient (Wildman–Crippen LogP) is 3.79. The summed E-state index contributed by atoms with van der Waals surface area (Å²) in [4.78, 5) is 12.3. The number of amides is 1. The average molecular weight is 441 g/mol. The van der Waals surface area contributed by atoms with E-state index in [0.29, 0.717) is 34.7 Å². The van der Waals surface area contributed by atoms with Crippen molar-refractivity contribution < 1.29 is 19.0 Å². The van der Waals surface area contributed by atoms with Crippen LogP contribution in [0.15, 0.2) is 66.3 Å². The van der Waals surface area contributed by atoms with Gasteiger partial charge in [-0.3, -0.25) is 9.36 Å². The van der Waals surface area contributed by atoms with Gasteiger partial charge in [-0.05, 0) is 36.4 Å². The molecule has 0 unspecified atom stereocenters. The number of nitrogens with one attached hydrogen (secondary N) is 1. The molecule has 1 aromatic heterocycles. The van der Waals surface area contributed by atoms with Crippen molar-refractivity contribution in [1.82, 2.24) is 14.8 Å². The first kappa shape index (κ1) is 22.2. The lowest BCUT2D eigenvalue weighted by molar-refractivity contribution is -0.113. The second-order valence-corrected chi connectivity index (χ2v) is 7.25. The maximum Gasteiger partial charge on any atom is 0.234 e. The Morgan fingerprint density at radius 1 is 1.10 bits per heavy atom. The molecule has 9 heteroatoms. The fourth-order valence-electron chi connectivity index (χ4n) is 2.73. The number of ether oxygens (including phenoxy) is 3. The molecule has 2 aromatic carbocycles. The van der Waals surface area contributed by atoms with Crippen molar-refractivity contribution in [3.8, 4) is 17.2 Å². The van der Waals surface area contributed by atoms with Crippen LogP contribution in [0.4, 0.5) is 5.69 Å². The first-order chi connectivity index (χ1) is 15.1. The van der Waals surface area contributed by atoms with E-state index in [4.69, 9.17) is 14.2 Å². The molecule has 0 bridgehead atoms. The van der Waals surface area contributed by atoms with E-state index in [2.05, 4.69) is 22.1 Å². The fraction of sp³-hybridized carbons (Fsp3) is 0.227. The Morgan fingerprint density at radius 2 is 1.84 bits per heavy atom. The Bertz CT molecular complexity index is 1020. The average Bonchev–Trinajstić information content (AvgIpc) is 3.18. The quantitative estimate of drug-likeness (QED) is 0.358. The molecule has 0 saturated carbocycles. The number of thioether (sulfide) groups is 1. The Kier molecular flexibility index (Phi) is 7.94. The summed E-state index contributed by atoms with van der Waals surface area (Å²) < 4.78 is 18.1. The van der Waals surface area contributed by atoms with E-state index in [0.717, 1.165) is 5.75 Å². The topological polar surface area (TPSA) is 87.5 Å². The molecule has 1 heterocycles. The molecule has 1 amide bonds. The highest BCUT2D eigenvalue weighted by atomic mass is 32.2. The molecule has 1 N–H and O–H groups in total. The van der Waals surface area contributed by atoms with Crippen LogP contribution < -0.4 is 19.5 Å². The van der Waals surface area contributed by atoms with E-state index in [1.807, 2.05) is 28.8 Å². The highest BCUT2D eigenvalue weighted by molar-refractivity contribution is 7.99. The van der Waals surface area contributed by atoms with Crippen molar-refractivity contribution in [3.63, 3.8) is 0 Å². The van der Waals surface area contributed by atoms with Crippen molar-refractivity contribution in [3.05, 3.63) is 67.0 Å². The van der Waals surface area contributed by atoms with Crippen molar-refractivity contribution >= 4 is 23.4 Å².